The number of hydrogen-bond acceptors (Lipinski definition) is 3. The zero-order chi connectivity index (χ0) is 16.2. The van der Waals surface area contributed by atoms with Crippen molar-refractivity contribution in [1.82, 2.24) is 25.3 Å². The number of para-hydroxylation sites is 1. The first-order chi connectivity index (χ1) is 11.1. The van der Waals surface area contributed by atoms with Gasteiger partial charge in [0, 0.05) is 18.9 Å². The van der Waals surface area contributed by atoms with Gasteiger partial charge in [0.1, 0.15) is 11.4 Å². The number of benzene rings is 1. The van der Waals surface area contributed by atoms with E-state index < -0.39 is 12.3 Å². The third-order valence-electron chi connectivity index (χ3n) is 3.25. The zero-order valence-electron chi connectivity index (χ0n) is 11.9. The molecule has 0 aliphatic heterocycles. The monoisotopic (exact) mass is 317 g/mol. The van der Waals surface area contributed by atoms with E-state index in [0.29, 0.717) is 0 Å². The van der Waals surface area contributed by atoms with E-state index in [1.165, 1.54) is 0 Å². The maximum atomic E-state index is 12.5. The summed E-state index contributed by atoms with van der Waals surface area (Å²) in [4.78, 5) is 12.0. The quantitative estimate of drug-likeness (QED) is 0.759. The lowest BCUT2D eigenvalue weighted by Gasteiger charge is -2.10. The predicted molar refractivity (Wildman–Crippen MR) is 78.3 cm³/mol. The minimum atomic E-state index is -2.69. The SMILES string of the molecule is O=C(NCc1ccccc1-n1cccn1)c1cc(C(F)F)[nH]n1. The molecule has 0 saturated heterocycles. The standard InChI is InChI=1S/C15H13F2N5O/c16-14(17)11-8-12(21-20-11)15(23)18-9-10-4-1-2-5-13(10)22-7-3-6-19-22/h1-8,14H,9H2,(H,18,23)(H,20,21). The number of alkyl halides is 2. The summed E-state index contributed by atoms with van der Waals surface area (Å²) in [6.07, 6.45) is 0.762. The van der Waals surface area contributed by atoms with Crippen LogP contribution < -0.4 is 5.32 Å². The van der Waals surface area contributed by atoms with Crippen molar-refractivity contribution >= 4 is 5.91 Å². The van der Waals surface area contributed by atoms with E-state index in [4.69, 9.17) is 0 Å². The van der Waals surface area contributed by atoms with Crippen molar-refractivity contribution in [3.8, 4) is 5.69 Å². The molecule has 1 amide bonds. The molecular formula is C15H13F2N5O. The lowest BCUT2D eigenvalue weighted by molar-refractivity contribution is 0.0946. The highest BCUT2D eigenvalue weighted by Gasteiger charge is 2.15. The summed E-state index contributed by atoms with van der Waals surface area (Å²) >= 11 is 0. The number of nitrogens with zero attached hydrogens (tertiary/aromatic N) is 3. The lowest BCUT2D eigenvalue weighted by atomic mass is 10.1. The number of H-pyrrole nitrogens is 1. The van der Waals surface area contributed by atoms with Crippen LogP contribution in [0.15, 0.2) is 48.8 Å². The van der Waals surface area contributed by atoms with Crippen molar-refractivity contribution < 1.29 is 13.6 Å². The van der Waals surface area contributed by atoms with Gasteiger partial charge in [-0.25, -0.2) is 13.5 Å². The molecule has 3 aromatic rings. The second kappa shape index (κ2) is 6.39. The normalized spacial score (nSPS) is 10.9. The van der Waals surface area contributed by atoms with Gasteiger partial charge in [-0.15, -0.1) is 0 Å². The largest absolute Gasteiger partial charge is 0.346 e. The van der Waals surface area contributed by atoms with Gasteiger partial charge in [0.05, 0.1) is 5.69 Å². The number of halogens is 2. The highest BCUT2D eigenvalue weighted by atomic mass is 19.3. The highest BCUT2D eigenvalue weighted by molar-refractivity contribution is 5.92. The summed E-state index contributed by atoms with van der Waals surface area (Å²) in [5, 5.41) is 12.6. The Morgan fingerprint density at radius 3 is 2.83 bits per heavy atom. The van der Waals surface area contributed by atoms with E-state index in [1.54, 1.807) is 23.1 Å². The van der Waals surface area contributed by atoms with E-state index in [0.717, 1.165) is 17.3 Å². The number of rotatable bonds is 5. The minimum Gasteiger partial charge on any atom is -0.346 e. The Morgan fingerprint density at radius 2 is 2.13 bits per heavy atom. The fourth-order valence-corrected chi connectivity index (χ4v) is 2.13. The van der Waals surface area contributed by atoms with Gasteiger partial charge >= 0.3 is 0 Å². The van der Waals surface area contributed by atoms with E-state index >= 15 is 0 Å². The molecule has 0 radical (unpaired) electrons. The summed E-state index contributed by atoms with van der Waals surface area (Å²) in [7, 11) is 0. The van der Waals surface area contributed by atoms with Gasteiger partial charge in [-0.3, -0.25) is 9.89 Å². The zero-order valence-corrected chi connectivity index (χ0v) is 11.9. The number of nitrogens with one attached hydrogen (secondary N) is 2. The first-order valence-corrected chi connectivity index (χ1v) is 6.84. The van der Waals surface area contributed by atoms with E-state index in [2.05, 4.69) is 20.6 Å². The summed E-state index contributed by atoms with van der Waals surface area (Å²) in [5.41, 5.74) is 1.21. The molecule has 8 heteroatoms. The number of aromatic nitrogens is 4. The average Bonchev–Trinajstić information content (AvgIpc) is 3.24. The van der Waals surface area contributed by atoms with Crippen LogP contribution in [-0.4, -0.2) is 25.9 Å². The van der Waals surface area contributed by atoms with Crippen LogP contribution >= 0.6 is 0 Å². The minimum absolute atomic E-state index is 0.0723. The van der Waals surface area contributed by atoms with Crippen LogP contribution in [0.2, 0.25) is 0 Å². The average molecular weight is 317 g/mol. The van der Waals surface area contributed by atoms with Gasteiger partial charge in [-0.05, 0) is 23.8 Å². The molecule has 0 atom stereocenters. The number of aromatic amines is 1. The van der Waals surface area contributed by atoms with E-state index in [-0.39, 0.29) is 17.9 Å². The van der Waals surface area contributed by atoms with Crippen LogP contribution in [0.5, 0.6) is 0 Å². The third-order valence-corrected chi connectivity index (χ3v) is 3.25. The first-order valence-electron chi connectivity index (χ1n) is 6.84. The number of carbonyl (C=O) groups is 1. The van der Waals surface area contributed by atoms with Crippen LogP contribution in [0.1, 0.15) is 28.2 Å². The summed E-state index contributed by atoms with van der Waals surface area (Å²) in [5.74, 6) is -0.525. The molecule has 23 heavy (non-hydrogen) atoms. The van der Waals surface area contributed by atoms with Gasteiger partial charge in [0.15, 0.2) is 0 Å². The van der Waals surface area contributed by atoms with Crippen LogP contribution in [0.4, 0.5) is 8.78 Å². The fourth-order valence-electron chi connectivity index (χ4n) is 2.13. The molecule has 3 rings (SSSR count). The molecule has 0 fully saturated rings. The summed E-state index contributed by atoms with van der Waals surface area (Å²) in [6.45, 7) is 0.228. The smallest absolute Gasteiger partial charge is 0.279 e. The fraction of sp³-hybridized carbons (Fsp3) is 0.133. The molecule has 0 saturated carbocycles. The van der Waals surface area contributed by atoms with Crippen molar-refractivity contribution in [1.29, 1.82) is 0 Å². The maximum Gasteiger partial charge on any atom is 0.279 e. The van der Waals surface area contributed by atoms with Crippen LogP contribution in [0, 0.1) is 0 Å². The predicted octanol–water partition coefficient (Wildman–Crippen LogP) is 2.46. The van der Waals surface area contributed by atoms with Gasteiger partial charge in [-0.1, -0.05) is 18.2 Å². The van der Waals surface area contributed by atoms with E-state index in [9.17, 15) is 13.6 Å². The van der Waals surface area contributed by atoms with Gasteiger partial charge in [0.2, 0.25) is 0 Å². The molecule has 1 aromatic carbocycles. The Morgan fingerprint density at radius 1 is 1.30 bits per heavy atom. The molecule has 2 aromatic heterocycles. The van der Waals surface area contributed by atoms with Gasteiger partial charge in [0.25, 0.3) is 12.3 Å². The van der Waals surface area contributed by atoms with Crippen LogP contribution in [-0.2, 0) is 6.54 Å². The number of hydrogen-bond donors (Lipinski definition) is 2. The Hall–Kier alpha value is -3.03. The van der Waals surface area contributed by atoms with Crippen molar-refractivity contribution in [2.75, 3.05) is 0 Å². The molecule has 2 N–H and O–H groups in total. The molecule has 118 valence electrons. The molecule has 0 bridgehead atoms. The Bertz CT molecular complexity index is 798. The molecule has 0 unspecified atom stereocenters. The Balaban J connectivity index is 1.72. The molecule has 0 aliphatic carbocycles. The van der Waals surface area contributed by atoms with Gasteiger partial charge < -0.3 is 5.32 Å². The van der Waals surface area contributed by atoms with Crippen LogP contribution in [0.3, 0.4) is 0 Å². The molecule has 0 spiro atoms. The van der Waals surface area contributed by atoms with Crippen molar-refractivity contribution in [3.63, 3.8) is 0 Å². The van der Waals surface area contributed by atoms with Crippen molar-refractivity contribution in [2.24, 2.45) is 0 Å². The van der Waals surface area contributed by atoms with Crippen molar-refractivity contribution in [2.45, 2.75) is 13.0 Å². The third kappa shape index (κ3) is 3.25. The van der Waals surface area contributed by atoms with Gasteiger partial charge in [-0.2, -0.15) is 10.2 Å². The molecule has 6 nitrogen and oxygen atoms in total. The molecule has 2 heterocycles. The van der Waals surface area contributed by atoms with E-state index in [1.807, 2.05) is 24.3 Å². The Kier molecular flexibility index (Phi) is 4.13. The number of amides is 1. The summed E-state index contributed by atoms with van der Waals surface area (Å²) < 4.78 is 26.7. The van der Waals surface area contributed by atoms with Crippen LogP contribution in [0.25, 0.3) is 5.69 Å². The number of carbonyl (C=O) groups excluding carboxylic acids is 1. The maximum absolute atomic E-state index is 12.5. The molecular weight excluding hydrogens is 304 g/mol. The Labute approximate surface area is 130 Å². The second-order valence-corrected chi connectivity index (χ2v) is 4.77. The second-order valence-electron chi connectivity index (χ2n) is 4.77. The topological polar surface area (TPSA) is 75.6 Å². The first kappa shape index (κ1) is 14.9. The highest BCUT2D eigenvalue weighted by Crippen LogP contribution is 2.17. The van der Waals surface area contributed by atoms with Crippen molar-refractivity contribution in [3.05, 3.63) is 65.7 Å². The molecule has 0 aliphatic rings. The lowest BCUT2D eigenvalue weighted by Crippen LogP contribution is -2.24. The summed E-state index contributed by atoms with van der Waals surface area (Å²) in [6, 6.07) is 10.3.